The molecule has 0 spiro atoms. The Morgan fingerprint density at radius 1 is 0.882 bits per heavy atom. The van der Waals surface area contributed by atoms with E-state index in [1.165, 1.54) is 13.8 Å². The molecule has 0 aliphatic carbocycles. The molecule has 196 valence electrons. The Kier molecular flexibility index (Phi) is 9.07. The topological polar surface area (TPSA) is 105 Å². The first-order valence-corrected chi connectivity index (χ1v) is 10.8. The van der Waals surface area contributed by atoms with E-state index in [-0.39, 0.29) is 13.0 Å². The molecule has 1 saturated heterocycles. The lowest BCUT2D eigenvalue weighted by Gasteiger charge is -2.43. The zero-order valence-electron chi connectivity index (χ0n) is 20.2. The first-order chi connectivity index (χ1) is 15.2. The number of Topliss-reactive ketones (excluding diaryl/α,β-unsaturated/α-hetero) is 1. The number of nitrogens with zero attached hydrogens (tertiary/aromatic N) is 1. The minimum absolute atomic E-state index is 0.0924. The lowest BCUT2D eigenvalue weighted by Crippen LogP contribution is -2.65. The number of nitrogens with one attached hydrogen (secondary N) is 2. The second-order valence-corrected chi connectivity index (χ2v) is 9.87. The maximum absolute atomic E-state index is 13.6. The normalized spacial score (nSPS) is 18.8. The molecular weight excluding hydrogens is 469 g/mol. The average Bonchev–Trinajstić information content (AvgIpc) is 2.59. The maximum atomic E-state index is 13.6. The predicted molar refractivity (Wildman–Crippen MR) is 111 cm³/mol. The number of carbonyl (C=O) groups excluding carboxylic acids is 4. The summed E-state index contributed by atoms with van der Waals surface area (Å²) in [6, 6.07) is -4.40. The molecule has 3 amide bonds. The van der Waals surface area contributed by atoms with Crippen molar-refractivity contribution >= 4 is 23.7 Å². The zero-order valence-corrected chi connectivity index (χ0v) is 20.2. The largest absolute Gasteiger partial charge is 0.461 e. The molecule has 1 fully saturated rings. The number of alkyl carbamates (subject to hydrolysis) is 1. The van der Waals surface area contributed by atoms with Crippen LogP contribution in [-0.2, 0) is 19.1 Å². The first kappa shape index (κ1) is 29.6. The van der Waals surface area contributed by atoms with Gasteiger partial charge < -0.3 is 20.3 Å². The Morgan fingerprint density at radius 2 is 1.38 bits per heavy atom. The number of hydrogen-bond donors (Lipinski definition) is 2. The lowest BCUT2D eigenvalue weighted by atomic mass is 9.93. The molecule has 2 N–H and O–H groups in total. The van der Waals surface area contributed by atoms with Gasteiger partial charge in [-0.1, -0.05) is 27.7 Å². The van der Waals surface area contributed by atoms with Gasteiger partial charge >= 0.3 is 18.2 Å². The van der Waals surface area contributed by atoms with Crippen LogP contribution < -0.4 is 10.6 Å². The minimum Gasteiger partial charge on any atom is -0.444 e. The van der Waals surface area contributed by atoms with Crippen molar-refractivity contribution in [3.8, 4) is 0 Å². The van der Waals surface area contributed by atoms with Gasteiger partial charge in [0.15, 0.2) is 0 Å². The number of alkyl halides is 5. The third-order valence-electron chi connectivity index (χ3n) is 5.12. The van der Waals surface area contributed by atoms with Crippen molar-refractivity contribution in [3.63, 3.8) is 0 Å². The van der Waals surface area contributed by atoms with Gasteiger partial charge in [0, 0.05) is 6.54 Å². The monoisotopic (exact) mass is 501 g/mol. The van der Waals surface area contributed by atoms with Crippen LogP contribution in [0.15, 0.2) is 0 Å². The molecule has 0 saturated carbocycles. The molecule has 3 atom stereocenters. The summed E-state index contributed by atoms with van der Waals surface area (Å²) in [6.07, 6.45) is -6.87. The van der Waals surface area contributed by atoms with E-state index in [1.807, 2.05) is 5.32 Å². The van der Waals surface area contributed by atoms with Crippen LogP contribution in [0.1, 0.15) is 54.9 Å². The van der Waals surface area contributed by atoms with E-state index < -0.39 is 71.4 Å². The summed E-state index contributed by atoms with van der Waals surface area (Å²) in [6.45, 7) is 10.7. The molecule has 0 aromatic heterocycles. The van der Waals surface area contributed by atoms with Crippen molar-refractivity contribution in [1.29, 1.82) is 0 Å². The summed E-state index contributed by atoms with van der Waals surface area (Å²) in [5.41, 5.74) is -0.829. The fraction of sp³-hybridized carbons (Fsp3) is 0.810. The quantitative estimate of drug-likeness (QED) is 0.498. The SMILES string of the molecule is CC(C)C(NC(=O)[C@@H]1CCN1C(=O)[C@@H](NC(=O)OC(C)(C)C)C(C)C)C(=O)C(F)(F)C(F)(F)F. The molecule has 0 bridgehead atoms. The molecule has 1 rings (SSSR count). The van der Waals surface area contributed by atoms with Crippen LogP contribution in [0.5, 0.6) is 0 Å². The highest BCUT2D eigenvalue weighted by Gasteiger charge is 2.65. The van der Waals surface area contributed by atoms with Gasteiger partial charge in [-0.05, 0) is 39.0 Å². The van der Waals surface area contributed by atoms with Gasteiger partial charge in [-0.2, -0.15) is 22.0 Å². The number of ether oxygens (including phenoxy) is 1. The number of amides is 3. The fourth-order valence-electron chi connectivity index (χ4n) is 3.17. The Labute approximate surface area is 194 Å². The Hall–Kier alpha value is -2.47. The van der Waals surface area contributed by atoms with Crippen molar-refractivity contribution < 1.29 is 45.9 Å². The average molecular weight is 501 g/mol. The molecule has 0 aromatic rings. The van der Waals surface area contributed by atoms with Crippen molar-refractivity contribution in [2.24, 2.45) is 11.8 Å². The van der Waals surface area contributed by atoms with Gasteiger partial charge in [-0.3, -0.25) is 14.4 Å². The Bertz CT molecular complexity index is 793. The summed E-state index contributed by atoms with van der Waals surface area (Å²) in [7, 11) is 0. The van der Waals surface area contributed by atoms with E-state index in [1.54, 1.807) is 34.6 Å². The van der Waals surface area contributed by atoms with E-state index in [2.05, 4.69) is 5.32 Å². The number of rotatable bonds is 8. The molecule has 1 heterocycles. The van der Waals surface area contributed by atoms with Gasteiger partial charge in [-0.15, -0.1) is 0 Å². The van der Waals surface area contributed by atoms with E-state index in [9.17, 15) is 41.1 Å². The van der Waals surface area contributed by atoms with E-state index in [0.717, 1.165) is 4.90 Å². The molecule has 1 aliphatic rings. The summed E-state index contributed by atoms with van der Waals surface area (Å²) in [5, 5.41) is 4.38. The summed E-state index contributed by atoms with van der Waals surface area (Å²) < 4.78 is 70.2. The number of carbonyl (C=O) groups is 4. The maximum Gasteiger partial charge on any atom is 0.461 e. The highest BCUT2D eigenvalue weighted by atomic mass is 19.4. The van der Waals surface area contributed by atoms with Crippen LogP contribution in [0.2, 0.25) is 0 Å². The number of halogens is 5. The van der Waals surface area contributed by atoms with Gasteiger partial charge in [0.1, 0.15) is 17.7 Å². The molecule has 0 radical (unpaired) electrons. The number of likely N-dealkylation sites (tertiary alicyclic amines) is 1. The molecule has 0 aromatic carbocycles. The molecule has 13 heteroatoms. The third kappa shape index (κ3) is 7.02. The summed E-state index contributed by atoms with van der Waals surface area (Å²) >= 11 is 0. The predicted octanol–water partition coefficient (Wildman–Crippen LogP) is 3.04. The van der Waals surface area contributed by atoms with E-state index in [0.29, 0.717) is 0 Å². The minimum atomic E-state index is -6.11. The zero-order chi connectivity index (χ0) is 26.8. The summed E-state index contributed by atoms with van der Waals surface area (Å²) in [4.78, 5) is 50.7. The van der Waals surface area contributed by atoms with Crippen molar-refractivity contribution in [2.45, 2.75) is 90.7 Å². The van der Waals surface area contributed by atoms with Crippen LogP contribution in [0.4, 0.5) is 26.7 Å². The number of hydrogen-bond acceptors (Lipinski definition) is 5. The molecular formula is C21H32F5N3O5. The van der Waals surface area contributed by atoms with Crippen LogP contribution in [0.25, 0.3) is 0 Å². The summed E-state index contributed by atoms with van der Waals surface area (Å²) in [5.74, 6) is -11.3. The van der Waals surface area contributed by atoms with Crippen molar-refractivity contribution in [3.05, 3.63) is 0 Å². The molecule has 1 aliphatic heterocycles. The molecule has 34 heavy (non-hydrogen) atoms. The van der Waals surface area contributed by atoms with Crippen molar-refractivity contribution in [2.75, 3.05) is 6.54 Å². The lowest BCUT2D eigenvalue weighted by molar-refractivity contribution is -0.270. The second kappa shape index (κ2) is 10.4. The van der Waals surface area contributed by atoms with Gasteiger partial charge in [0.25, 0.3) is 0 Å². The van der Waals surface area contributed by atoms with Crippen LogP contribution in [0, 0.1) is 11.8 Å². The van der Waals surface area contributed by atoms with Gasteiger partial charge in [0.2, 0.25) is 17.6 Å². The second-order valence-electron chi connectivity index (χ2n) is 9.87. The van der Waals surface area contributed by atoms with Crippen LogP contribution in [0.3, 0.4) is 0 Å². The third-order valence-corrected chi connectivity index (χ3v) is 5.12. The van der Waals surface area contributed by atoms with Gasteiger partial charge in [-0.25, -0.2) is 4.79 Å². The van der Waals surface area contributed by atoms with E-state index >= 15 is 0 Å². The van der Waals surface area contributed by atoms with E-state index in [4.69, 9.17) is 4.74 Å². The fourth-order valence-corrected chi connectivity index (χ4v) is 3.17. The number of ketones is 1. The van der Waals surface area contributed by atoms with Crippen LogP contribution in [-0.4, -0.2) is 71.0 Å². The van der Waals surface area contributed by atoms with Crippen molar-refractivity contribution in [1.82, 2.24) is 15.5 Å². The highest BCUT2D eigenvalue weighted by molar-refractivity contribution is 5.97. The smallest absolute Gasteiger partial charge is 0.444 e. The Balaban J connectivity index is 2.98. The first-order valence-electron chi connectivity index (χ1n) is 10.8. The van der Waals surface area contributed by atoms with Gasteiger partial charge in [0.05, 0.1) is 6.04 Å². The highest BCUT2D eigenvalue weighted by Crippen LogP contribution is 2.37. The Morgan fingerprint density at radius 3 is 1.74 bits per heavy atom. The van der Waals surface area contributed by atoms with Crippen LogP contribution >= 0.6 is 0 Å². The molecule has 8 nitrogen and oxygen atoms in total. The molecule has 1 unspecified atom stereocenters. The standard InChI is InChI=1S/C21H32F5N3O5/c1-10(2)13(15(30)20(22,23)21(24,25)26)27-16(31)12-8-9-29(12)17(32)14(11(3)4)28-18(33)34-19(5,6)7/h10-14H,8-9H2,1-7H3,(H,27,31)(H,28,33)/t12-,13?,14-/m0/s1.